The molecule has 0 aliphatic carbocycles. The van der Waals surface area contributed by atoms with E-state index < -0.39 is 11.7 Å². The van der Waals surface area contributed by atoms with Gasteiger partial charge >= 0.3 is 0 Å². The standard InChI is InChI=1S/C19H18ClFN2O3/c1-3-18(24)22-11-13-7-5-4-6-12(13)8-19(25)23-16-10-17(26-2)14(20)9-15(16)21/h3-7,9-10H,1,8,11H2,2H3,(H,22,24)(H,23,25). The number of anilines is 1. The second-order valence-corrected chi connectivity index (χ2v) is 5.79. The van der Waals surface area contributed by atoms with E-state index in [4.69, 9.17) is 16.3 Å². The summed E-state index contributed by atoms with van der Waals surface area (Å²) in [6.07, 6.45) is 1.19. The fourth-order valence-electron chi connectivity index (χ4n) is 2.31. The van der Waals surface area contributed by atoms with E-state index in [-0.39, 0.29) is 35.3 Å². The molecule has 2 aromatic carbocycles. The SMILES string of the molecule is C=CC(=O)NCc1ccccc1CC(=O)Nc1cc(OC)c(Cl)cc1F. The van der Waals surface area contributed by atoms with Crippen LogP contribution in [0.5, 0.6) is 5.75 Å². The molecule has 0 aliphatic rings. The van der Waals surface area contributed by atoms with Crippen LogP contribution in [0, 0.1) is 5.82 Å². The number of carbonyl (C=O) groups is 2. The molecule has 2 N–H and O–H groups in total. The lowest BCUT2D eigenvalue weighted by atomic mass is 10.0. The van der Waals surface area contributed by atoms with E-state index in [1.807, 2.05) is 0 Å². The molecular weight excluding hydrogens is 359 g/mol. The summed E-state index contributed by atoms with van der Waals surface area (Å²) in [4.78, 5) is 23.6. The predicted octanol–water partition coefficient (Wildman–Crippen LogP) is 3.47. The van der Waals surface area contributed by atoms with Gasteiger partial charge in [-0.3, -0.25) is 9.59 Å². The van der Waals surface area contributed by atoms with Gasteiger partial charge in [-0.1, -0.05) is 42.4 Å². The van der Waals surface area contributed by atoms with Crippen LogP contribution in [0.4, 0.5) is 10.1 Å². The number of hydrogen-bond acceptors (Lipinski definition) is 3. The molecule has 0 atom stereocenters. The highest BCUT2D eigenvalue weighted by Gasteiger charge is 2.13. The molecule has 26 heavy (non-hydrogen) atoms. The molecule has 2 aromatic rings. The van der Waals surface area contributed by atoms with Crippen molar-refractivity contribution in [3.05, 3.63) is 71.0 Å². The molecule has 7 heteroatoms. The third-order valence-corrected chi connectivity index (χ3v) is 3.92. The van der Waals surface area contributed by atoms with Gasteiger partial charge in [-0.15, -0.1) is 0 Å². The van der Waals surface area contributed by atoms with Crippen molar-refractivity contribution in [2.45, 2.75) is 13.0 Å². The maximum atomic E-state index is 14.0. The van der Waals surface area contributed by atoms with Crippen molar-refractivity contribution in [2.75, 3.05) is 12.4 Å². The Balaban J connectivity index is 2.11. The summed E-state index contributed by atoms with van der Waals surface area (Å²) in [6.45, 7) is 3.65. The van der Waals surface area contributed by atoms with Gasteiger partial charge in [-0.25, -0.2) is 4.39 Å². The van der Waals surface area contributed by atoms with Crippen molar-refractivity contribution in [3.8, 4) is 5.75 Å². The fourth-order valence-corrected chi connectivity index (χ4v) is 2.53. The molecule has 0 heterocycles. The van der Waals surface area contributed by atoms with Gasteiger partial charge in [-0.2, -0.15) is 0 Å². The minimum atomic E-state index is -0.657. The molecule has 0 spiro atoms. The Bertz CT molecular complexity index is 840. The van der Waals surface area contributed by atoms with E-state index >= 15 is 0 Å². The van der Waals surface area contributed by atoms with Gasteiger partial charge in [0.1, 0.15) is 11.6 Å². The lowest BCUT2D eigenvalue weighted by Gasteiger charge is -2.12. The summed E-state index contributed by atoms with van der Waals surface area (Å²) in [5, 5.41) is 5.29. The minimum absolute atomic E-state index is 0.0184. The van der Waals surface area contributed by atoms with Crippen molar-refractivity contribution >= 4 is 29.1 Å². The Morgan fingerprint density at radius 3 is 2.62 bits per heavy atom. The molecule has 0 aliphatic heterocycles. The quantitative estimate of drug-likeness (QED) is 0.727. The second kappa shape index (κ2) is 9.01. The number of nitrogens with one attached hydrogen (secondary N) is 2. The van der Waals surface area contributed by atoms with Gasteiger partial charge in [0, 0.05) is 12.6 Å². The average Bonchev–Trinajstić information content (AvgIpc) is 2.62. The fraction of sp³-hybridized carbons (Fsp3) is 0.158. The summed E-state index contributed by atoms with van der Waals surface area (Å²) in [5.74, 6) is -1.11. The van der Waals surface area contributed by atoms with Crippen LogP contribution in [-0.2, 0) is 22.6 Å². The first kappa shape index (κ1) is 19.5. The van der Waals surface area contributed by atoms with Crippen LogP contribution in [0.3, 0.4) is 0 Å². The normalized spacial score (nSPS) is 10.1. The number of ether oxygens (including phenoxy) is 1. The van der Waals surface area contributed by atoms with E-state index in [9.17, 15) is 14.0 Å². The van der Waals surface area contributed by atoms with E-state index in [1.165, 1.54) is 19.3 Å². The first-order valence-electron chi connectivity index (χ1n) is 7.74. The Morgan fingerprint density at radius 2 is 1.96 bits per heavy atom. The third-order valence-electron chi connectivity index (χ3n) is 3.62. The maximum Gasteiger partial charge on any atom is 0.243 e. The topological polar surface area (TPSA) is 67.4 Å². The second-order valence-electron chi connectivity index (χ2n) is 5.38. The van der Waals surface area contributed by atoms with Gasteiger partial charge in [-0.05, 0) is 23.3 Å². The number of amides is 2. The number of hydrogen-bond donors (Lipinski definition) is 2. The largest absolute Gasteiger partial charge is 0.495 e. The Kier molecular flexibility index (Phi) is 6.74. The molecule has 2 amide bonds. The zero-order chi connectivity index (χ0) is 19.1. The average molecular weight is 377 g/mol. The molecule has 2 rings (SSSR count). The van der Waals surface area contributed by atoms with Crippen molar-refractivity contribution in [3.63, 3.8) is 0 Å². The number of rotatable bonds is 7. The van der Waals surface area contributed by atoms with Gasteiger partial charge in [0.25, 0.3) is 0 Å². The van der Waals surface area contributed by atoms with Crippen LogP contribution in [0.2, 0.25) is 5.02 Å². The molecule has 0 saturated heterocycles. The molecule has 0 unspecified atom stereocenters. The highest BCUT2D eigenvalue weighted by molar-refractivity contribution is 6.32. The molecule has 0 bridgehead atoms. The lowest BCUT2D eigenvalue weighted by Crippen LogP contribution is -2.22. The first-order valence-corrected chi connectivity index (χ1v) is 8.12. The smallest absolute Gasteiger partial charge is 0.243 e. The van der Waals surface area contributed by atoms with Crippen LogP contribution in [-0.4, -0.2) is 18.9 Å². The van der Waals surface area contributed by atoms with Crippen LogP contribution in [0.25, 0.3) is 0 Å². The number of halogens is 2. The van der Waals surface area contributed by atoms with Gasteiger partial charge in [0.05, 0.1) is 24.2 Å². The van der Waals surface area contributed by atoms with Gasteiger partial charge < -0.3 is 15.4 Å². The van der Waals surface area contributed by atoms with Crippen molar-refractivity contribution < 1.29 is 18.7 Å². The minimum Gasteiger partial charge on any atom is -0.495 e. The summed E-state index contributed by atoms with van der Waals surface area (Å²) >= 11 is 5.84. The van der Waals surface area contributed by atoms with Gasteiger partial charge in [0.15, 0.2) is 0 Å². The Hall–Kier alpha value is -2.86. The predicted molar refractivity (Wildman–Crippen MR) is 98.8 cm³/mol. The highest BCUT2D eigenvalue weighted by atomic mass is 35.5. The van der Waals surface area contributed by atoms with Crippen molar-refractivity contribution in [1.29, 1.82) is 0 Å². The zero-order valence-corrected chi connectivity index (χ0v) is 14.9. The van der Waals surface area contributed by atoms with Crippen molar-refractivity contribution in [2.24, 2.45) is 0 Å². The summed E-state index contributed by atoms with van der Waals surface area (Å²) in [5.41, 5.74) is 1.48. The Morgan fingerprint density at radius 1 is 1.27 bits per heavy atom. The molecule has 5 nitrogen and oxygen atoms in total. The Labute approximate surface area is 155 Å². The van der Waals surface area contributed by atoms with E-state index in [2.05, 4.69) is 17.2 Å². The van der Waals surface area contributed by atoms with E-state index in [0.29, 0.717) is 0 Å². The molecule has 0 saturated carbocycles. The third kappa shape index (κ3) is 5.07. The summed E-state index contributed by atoms with van der Waals surface area (Å²) in [7, 11) is 1.40. The molecule has 0 fully saturated rings. The first-order chi connectivity index (χ1) is 12.4. The van der Waals surface area contributed by atoms with Crippen LogP contribution in [0.1, 0.15) is 11.1 Å². The lowest BCUT2D eigenvalue weighted by molar-refractivity contribution is -0.116. The van der Waals surface area contributed by atoms with Crippen LogP contribution >= 0.6 is 11.6 Å². The van der Waals surface area contributed by atoms with Crippen LogP contribution in [0.15, 0.2) is 49.1 Å². The maximum absolute atomic E-state index is 14.0. The molecular formula is C19H18ClFN2O3. The summed E-state index contributed by atoms with van der Waals surface area (Å²) in [6, 6.07) is 9.57. The van der Waals surface area contributed by atoms with E-state index in [1.54, 1.807) is 24.3 Å². The highest BCUT2D eigenvalue weighted by Crippen LogP contribution is 2.30. The number of carbonyl (C=O) groups excluding carboxylic acids is 2. The molecule has 0 aromatic heterocycles. The monoisotopic (exact) mass is 376 g/mol. The van der Waals surface area contributed by atoms with Crippen LogP contribution < -0.4 is 15.4 Å². The molecule has 0 radical (unpaired) electrons. The number of benzene rings is 2. The zero-order valence-electron chi connectivity index (χ0n) is 14.1. The van der Waals surface area contributed by atoms with E-state index in [0.717, 1.165) is 17.2 Å². The summed E-state index contributed by atoms with van der Waals surface area (Å²) < 4.78 is 19.0. The molecule has 136 valence electrons. The van der Waals surface area contributed by atoms with Gasteiger partial charge in [0.2, 0.25) is 11.8 Å². The number of methoxy groups -OCH3 is 1. The van der Waals surface area contributed by atoms with Crippen molar-refractivity contribution in [1.82, 2.24) is 5.32 Å².